The van der Waals surface area contributed by atoms with Crippen molar-refractivity contribution in [2.24, 2.45) is 0 Å². The SMILES string of the molecule is O=C(COC(=O)c1ccccc1-n1cccn1)Nc1cc(Cl)ccc1-n1cncn1. The van der Waals surface area contributed by atoms with Crippen molar-refractivity contribution >= 4 is 29.2 Å². The van der Waals surface area contributed by atoms with Gasteiger partial charge in [0.05, 0.1) is 22.6 Å². The number of rotatable bonds is 6. The van der Waals surface area contributed by atoms with Crippen LogP contribution in [0.15, 0.2) is 73.6 Å². The molecule has 0 aliphatic carbocycles. The van der Waals surface area contributed by atoms with Crippen LogP contribution in [0.3, 0.4) is 0 Å². The molecular formula is C20H15ClN6O3. The van der Waals surface area contributed by atoms with Crippen molar-refractivity contribution in [2.45, 2.75) is 0 Å². The Morgan fingerprint density at radius 2 is 1.90 bits per heavy atom. The number of carbonyl (C=O) groups excluding carboxylic acids is 2. The third-order valence-electron chi connectivity index (χ3n) is 4.11. The summed E-state index contributed by atoms with van der Waals surface area (Å²) in [7, 11) is 0. The average Bonchev–Trinajstić information content (AvgIpc) is 3.46. The smallest absolute Gasteiger partial charge is 0.340 e. The second kappa shape index (κ2) is 8.58. The lowest BCUT2D eigenvalue weighted by atomic mass is 10.2. The molecule has 0 bridgehead atoms. The molecule has 0 aliphatic heterocycles. The van der Waals surface area contributed by atoms with Gasteiger partial charge in [-0.2, -0.15) is 10.2 Å². The van der Waals surface area contributed by atoms with E-state index in [0.29, 0.717) is 27.6 Å². The molecular weight excluding hydrogens is 408 g/mol. The molecule has 9 nitrogen and oxygen atoms in total. The van der Waals surface area contributed by atoms with Gasteiger partial charge in [-0.3, -0.25) is 4.79 Å². The van der Waals surface area contributed by atoms with Gasteiger partial charge >= 0.3 is 5.97 Å². The van der Waals surface area contributed by atoms with Crippen LogP contribution in [0.1, 0.15) is 10.4 Å². The number of hydrogen-bond donors (Lipinski definition) is 1. The number of amides is 1. The van der Waals surface area contributed by atoms with E-state index in [2.05, 4.69) is 20.5 Å². The molecule has 0 fully saturated rings. The van der Waals surface area contributed by atoms with Crippen molar-refractivity contribution in [3.05, 3.63) is 84.2 Å². The maximum Gasteiger partial charge on any atom is 0.340 e. The van der Waals surface area contributed by atoms with Gasteiger partial charge in [0, 0.05) is 17.4 Å². The molecule has 0 saturated carbocycles. The highest BCUT2D eigenvalue weighted by molar-refractivity contribution is 6.31. The summed E-state index contributed by atoms with van der Waals surface area (Å²) in [6.45, 7) is -0.477. The number of benzene rings is 2. The first kappa shape index (κ1) is 19.3. The lowest BCUT2D eigenvalue weighted by Gasteiger charge is -2.12. The molecule has 2 aromatic heterocycles. The fourth-order valence-electron chi connectivity index (χ4n) is 2.79. The lowest BCUT2D eigenvalue weighted by molar-refractivity contribution is -0.119. The van der Waals surface area contributed by atoms with E-state index in [1.165, 1.54) is 17.3 Å². The van der Waals surface area contributed by atoms with Crippen molar-refractivity contribution in [3.63, 3.8) is 0 Å². The van der Waals surface area contributed by atoms with Crippen molar-refractivity contribution in [1.82, 2.24) is 24.5 Å². The van der Waals surface area contributed by atoms with Gasteiger partial charge in [0.1, 0.15) is 12.7 Å². The molecule has 0 saturated heterocycles. The van der Waals surface area contributed by atoms with Gasteiger partial charge in [-0.15, -0.1) is 0 Å². The Labute approximate surface area is 175 Å². The van der Waals surface area contributed by atoms with Crippen LogP contribution in [-0.2, 0) is 9.53 Å². The van der Waals surface area contributed by atoms with E-state index in [1.807, 2.05) is 0 Å². The van der Waals surface area contributed by atoms with E-state index in [1.54, 1.807) is 65.6 Å². The molecule has 10 heteroatoms. The van der Waals surface area contributed by atoms with E-state index in [9.17, 15) is 9.59 Å². The van der Waals surface area contributed by atoms with Crippen LogP contribution in [0.4, 0.5) is 5.69 Å². The molecule has 0 radical (unpaired) electrons. The van der Waals surface area contributed by atoms with E-state index in [-0.39, 0.29) is 0 Å². The van der Waals surface area contributed by atoms with Crippen LogP contribution >= 0.6 is 11.6 Å². The van der Waals surface area contributed by atoms with Crippen molar-refractivity contribution in [3.8, 4) is 11.4 Å². The fraction of sp³-hybridized carbons (Fsp3) is 0.0500. The minimum atomic E-state index is -0.640. The number of carbonyl (C=O) groups is 2. The molecule has 1 amide bonds. The summed E-state index contributed by atoms with van der Waals surface area (Å²) in [4.78, 5) is 28.8. The summed E-state index contributed by atoms with van der Waals surface area (Å²) < 4.78 is 8.23. The topological polar surface area (TPSA) is 104 Å². The Morgan fingerprint density at radius 3 is 2.67 bits per heavy atom. The summed E-state index contributed by atoms with van der Waals surface area (Å²) in [5.41, 5.74) is 1.82. The van der Waals surface area contributed by atoms with E-state index in [0.717, 1.165) is 0 Å². The van der Waals surface area contributed by atoms with Crippen molar-refractivity contribution < 1.29 is 14.3 Å². The Hall–Kier alpha value is -3.98. The van der Waals surface area contributed by atoms with Gasteiger partial charge in [0.15, 0.2) is 6.61 Å². The van der Waals surface area contributed by atoms with Gasteiger partial charge in [0.2, 0.25) is 0 Å². The summed E-state index contributed by atoms with van der Waals surface area (Å²) in [5.74, 6) is -1.16. The number of para-hydroxylation sites is 1. The Bertz CT molecular complexity index is 1180. The predicted octanol–water partition coefficient (Wildman–Crippen LogP) is 2.90. The van der Waals surface area contributed by atoms with Crippen LogP contribution < -0.4 is 5.32 Å². The van der Waals surface area contributed by atoms with Gasteiger partial charge in [-0.05, 0) is 36.4 Å². The summed E-state index contributed by atoms with van der Waals surface area (Å²) in [5, 5.41) is 11.3. The van der Waals surface area contributed by atoms with Gasteiger partial charge in [0.25, 0.3) is 5.91 Å². The Kier molecular flexibility index (Phi) is 5.53. The second-order valence-electron chi connectivity index (χ2n) is 6.09. The van der Waals surface area contributed by atoms with Crippen LogP contribution in [0.5, 0.6) is 0 Å². The van der Waals surface area contributed by atoms with Crippen molar-refractivity contribution in [1.29, 1.82) is 0 Å². The largest absolute Gasteiger partial charge is 0.452 e. The second-order valence-corrected chi connectivity index (χ2v) is 6.53. The number of aromatic nitrogens is 5. The number of nitrogens with zero attached hydrogens (tertiary/aromatic N) is 5. The highest BCUT2D eigenvalue weighted by Gasteiger charge is 2.16. The molecule has 0 aliphatic rings. The molecule has 2 aromatic carbocycles. The number of ether oxygens (including phenoxy) is 1. The van der Waals surface area contributed by atoms with Gasteiger partial charge < -0.3 is 10.1 Å². The van der Waals surface area contributed by atoms with Crippen molar-refractivity contribution in [2.75, 3.05) is 11.9 Å². The zero-order valence-corrected chi connectivity index (χ0v) is 16.2. The maximum atomic E-state index is 12.5. The minimum Gasteiger partial charge on any atom is -0.452 e. The lowest BCUT2D eigenvalue weighted by Crippen LogP contribution is -2.22. The molecule has 0 atom stereocenters. The monoisotopic (exact) mass is 422 g/mol. The number of halogens is 1. The van der Waals surface area contributed by atoms with E-state index < -0.39 is 18.5 Å². The minimum absolute atomic E-state index is 0.292. The van der Waals surface area contributed by atoms with Crippen LogP contribution in [0.25, 0.3) is 11.4 Å². The first-order valence-electron chi connectivity index (χ1n) is 8.82. The fourth-order valence-corrected chi connectivity index (χ4v) is 2.97. The molecule has 2 heterocycles. The zero-order chi connectivity index (χ0) is 20.9. The summed E-state index contributed by atoms with van der Waals surface area (Å²) in [6.07, 6.45) is 6.18. The maximum absolute atomic E-state index is 12.5. The first-order chi connectivity index (χ1) is 14.6. The van der Waals surface area contributed by atoms with Crippen LogP contribution in [0, 0.1) is 0 Å². The molecule has 150 valence electrons. The van der Waals surface area contributed by atoms with E-state index in [4.69, 9.17) is 16.3 Å². The third-order valence-corrected chi connectivity index (χ3v) is 4.34. The Morgan fingerprint density at radius 1 is 1.03 bits per heavy atom. The number of esters is 1. The first-order valence-corrected chi connectivity index (χ1v) is 9.20. The van der Waals surface area contributed by atoms with E-state index >= 15 is 0 Å². The molecule has 30 heavy (non-hydrogen) atoms. The quantitative estimate of drug-likeness (QED) is 0.479. The number of nitrogens with one attached hydrogen (secondary N) is 1. The Balaban J connectivity index is 1.46. The summed E-state index contributed by atoms with van der Waals surface area (Å²) >= 11 is 6.05. The average molecular weight is 423 g/mol. The van der Waals surface area contributed by atoms with Crippen LogP contribution in [-0.4, -0.2) is 43.0 Å². The molecule has 1 N–H and O–H groups in total. The molecule has 0 spiro atoms. The highest BCUT2D eigenvalue weighted by atomic mass is 35.5. The predicted molar refractivity (Wildman–Crippen MR) is 109 cm³/mol. The molecule has 4 aromatic rings. The summed E-state index contributed by atoms with van der Waals surface area (Å²) in [6, 6.07) is 13.5. The molecule has 4 rings (SSSR count). The van der Waals surface area contributed by atoms with Gasteiger partial charge in [-0.25, -0.2) is 19.1 Å². The highest BCUT2D eigenvalue weighted by Crippen LogP contribution is 2.24. The number of anilines is 1. The van der Waals surface area contributed by atoms with Crippen LogP contribution in [0.2, 0.25) is 5.02 Å². The molecule has 0 unspecified atom stereocenters. The zero-order valence-electron chi connectivity index (χ0n) is 15.5. The van der Waals surface area contributed by atoms with Gasteiger partial charge in [-0.1, -0.05) is 23.7 Å². The third kappa shape index (κ3) is 4.20. The standard InChI is InChI=1S/C20H15ClN6O3/c21-14-6-7-18(27-13-22-12-24-27)16(10-14)25-19(28)11-30-20(29)15-4-1-2-5-17(15)26-9-3-8-23-26/h1-10,12-13H,11H2,(H,25,28). The number of hydrogen-bond acceptors (Lipinski definition) is 6. The normalized spacial score (nSPS) is 10.6.